The third-order valence-electron chi connectivity index (χ3n) is 6.51. The van der Waals surface area contributed by atoms with Crippen molar-refractivity contribution in [2.75, 3.05) is 12.2 Å². The molecule has 0 atom stereocenters. The standard InChI is InChI=1S/C24H21FN4O6/c25-14-34-17-3-1-2-15(10-17)16-11-26-22(27-12-16)28-21(31)23(32)5-7-24(8-6-23)19-4-9-29(33)13-18(19)20(30)35-24/h1-4,9-13,32H,5-8,14H2,(H,26,27,28,31). The van der Waals surface area contributed by atoms with Crippen molar-refractivity contribution in [1.82, 2.24) is 9.97 Å². The first-order chi connectivity index (χ1) is 16.8. The number of anilines is 1. The lowest BCUT2D eigenvalue weighted by Gasteiger charge is -2.40. The van der Waals surface area contributed by atoms with E-state index in [0.29, 0.717) is 27.2 Å². The molecule has 2 aliphatic rings. The molecule has 1 amide bonds. The molecule has 1 aromatic carbocycles. The highest BCUT2D eigenvalue weighted by Gasteiger charge is 2.53. The molecule has 3 aromatic rings. The average Bonchev–Trinajstić information content (AvgIpc) is 3.12. The van der Waals surface area contributed by atoms with Crippen molar-refractivity contribution in [3.63, 3.8) is 0 Å². The molecule has 1 aliphatic heterocycles. The summed E-state index contributed by atoms with van der Waals surface area (Å²) >= 11 is 0. The van der Waals surface area contributed by atoms with Crippen LogP contribution in [0.25, 0.3) is 11.1 Å². The molecule has 0 radical (unpaired) electrons. The number of carbonyl (C=O) groups is 2. The number of pyridine rings is 1. The number of alkyl halides is 1. The van der Waals surface area contributed by atoms with Crippen LogP contribution in [0.2, 0.25) is 0 Å². The molecule has 0 unspecified atom stereocenters. The Morgan fingerprint density at radius 3 is 2.66 bits per heavy atom. The number of nitrogens with one attached hydrogen (secondary N) is 1. The highest BCUT2D eigenvalue weighted by molar-refractivity contribution is 5.96. The Morgan fingerprint density at radius 1 is 1.20 bits per heavy atom. The predicted octanol–water partition coefficient (Wildman–Crippen LogP) is 2.39. The van der Waals surface area contributed by atoms with E-state index >= 15 is 0 Å². The molecule has 11 heteroatoms. The van der Waals surface area contributed by atoms with Gasteiger partial charge in [0.25, 0.3) is 5.91 Å². The van der Waals surface area contributed by atoms with Crippen LogP contribution in [0, 0.1) is 5.21 Å². The Bertz CT molecular complexity index is 1290. The van der Waals surface area contributed by atoms with Crippen LogP contribution >= 0.6 is 0 Å². The number of rotatable bonds is 5. The normalized spacial score (nSPS) is 23.0. The van der Waals surface area contributed by atoms with Crippen molar-refractivity contribution < 1.29 is 33.3 Å². The van der Waals surface area contributed by atoms with Gasteiger partial charge in [0.1, 0.15) is 22.5 Å². The maximum Gasteiger partial charge on any atom is 0.345 e. The summed E-state index contributed by atoms with van der Waals surface area (Å²) in [7, 11) is 0. The molecule has 35 heavy (non-hydrogen) atoms. The summed E-state index contributed by atoms with van der Waals surface area (Å²) in [5.41, 5.74) is -0.533. The summed E-state index contributed by atoms with van der Waals surface area (Å²) in [4.78, 5) is 33.4. The molecular formula is C24H21FN4O6. The van der Waals surface area contributed by atoms with Crippen LogP contribution < -0.4 is 14.8 Å². The van der Waals surface area contributed by atoms with Gasteiger partial charge in [0.15, 0.2) is 12.4 Å². The van der Waals surface area contributed by atoms with Gasteiger partial charge in [-0.1, -0.05) is 12.1 Å². The van der Waals surface area contributed by atoms with E-state index in [1.165, 1.54) is 24.8 Å². The smallest absolute Gasteiger partial charge is 0.345 e. The minimum atomic E-state index is -1.70. The highest BCUT2D eigenvalue weighted by atomic mass is 19.1. The number of amides is 1. The first kappa shape index (κ1) is 22.7. The first-order valence-corrected chi connectivity index (χ1v) is 10.9. The van der Waals surface area contributed by atoms with Crippen LogP contribution in [0.15, 0.2) is 55.1 Å². The Morgan fingerprint density at radius 2 is 1.94 bits per heavy atom. The lowest BCUT2D eigenvalue weighted by atomic mass is 9.72. The molecule has 2 N–H and O–H groups in total. The Hall–Kier alpha value is -4.12. The van der Waals surface area contributed by atoms with E-state index in [2.05, 4.69) is 15.3 Å². The number of nitrogens with zero attached hydrogens (tertiary/aromatic N) is 3. The predicted molar refractivity (Wildman–Crippen MR) is 119 cm³/mol. The molecular weight excluding hydrogens is 459 g/mol. The van der Waals surface area contributed by atoms with Crippen LogP contribution in [0.3, 0.4) is 0 Å². The maximum absolute atomic E-state index is 12.9. The van der Waals surface area contributed by atoms with Crippen LogP contribution in [-0.2, 0) is 15.1 Å². The van der Waals surface area contributed by atoms with Gasteiger partial charge in [-0.25, -0.2) is 19.2 Å². The number of aromatic nitrogens is 3. The van der Waals surface area contributed by atoms with Gasteiger partial charge in [0.2, 0.25) is 12.8 Å². The molecule has 0 saturated heterocycles. The summed E-state index contributed by atoms with van der Waals surface area (Å²) in [5, 5.41) is 25.1. The monoisotopic (exact) mass is 480 g/mol. The zero-order valence-corrected chi connectivity index (χ0v) is 18.4. The van der Waals surface area contributed by atoms with Crippen molar-refractivity contribution in [1.29, 1.82) is 0 Å². The Kier molecular flexibility index (Phi) is 5.56. The lowest BCUT2D eigenvalue weighted by molar-refractivity contribution is -0.605. The third kappa shape index (κ3) is 4.14. The van der Waals surface area contributed by atoms with E-state index in [9.17, 15) is 24.3 Å². The van der Waals surface area contributed by atoms with Crippen molar-refractivity contribution in [3.05, 3.63) is 71.5 Å². The van der Waals surface area contributed by atoms with Gasteiger partial charge in [0.05, 0.1) is 0 Å². The summed E-state index contributed by atoms with van der Waals surface area (Å²) in [5.74, 6) is -0.868. The minimum Gasteiger partial charge on any atom is -0.619 e. The number of benzene rings is 1. The van der Waals surface area contributed by atoms with Crippen LogP contribution in [-0.4, -0.2) is 39.4 Å². The van der Waals surface area contributed by atoms with Gasteiger partial charge in [-0.3, -0.25) is 10.1 Å². The number of esters is 1. The van der Waals surface area contributed by atoms with Crippen LogP contribution in [0.1, 0.15) is 41.6 Å². The van der Waals surface area contributed by atoms with E-state index in [1.807, 2.05) is 0 Å². The number of halogens is 1. The van der Waals surface area contributed by atoms with E-state index in [4.69, 9.17) is 9.47 Å². The second-order valence-electron chi connectivity index (χ2n) is 8.58. The van der Waals surface area contributed by atoms with Crippen molar-refractivity contribution in [2.45, 2.75) is 36.9 Å². The molecule has 3 heterocycles. The third-order valence-corrected chi connectivity index (χ3v) is 6.51. The summed E-state index contributed by atoms with van der Waals surface area (Å²) in [6.45, 7) is -0.940. The molecule has 1 aliphatic carbocycles. The lowest BCUT2D eigenvalue weighted by Crippen LogP contribution is -2.49. The fourth-order valence-corrected chi connectivity index (χ4v) is 4.58. The first-order valence-electron chi connectivity index (χ1n) is 10.9. The Balaban J connectivity index is 1.26. The molecule has 2 aromatic heterocycles. The number of carbonyl (C=O) groups excluding carboxylic acids is 2. The number of aliphatic hydroxyl groups is 1. The van der Waals surface area contributed by atoms with E-state index in [0.717, 1.165) is 0 Å². The number of hydrogen-bond donors (Lipinski definition) is 2. The van der Waals surface area contributed by atoms with Crippen molar-refractivity contribution in [2.24, 2.45) is 0 Å². The van der Waals surface area contributed by atoms with Gasteiger partial charge >= 0.3 is 5.97 Å². The Labute approximate surface area is 198 Å². The quantitative estimate of drug-likeness (QED) is 0.323. The van der Waals surface area contributed by atoms with Crippen molar-refractivity contribution >= 4 is 17.8 Å². The van der Waals surface area contributed by atoms with Gasteiger partial charge in [0, 0.05) is 29.6 Å². The van der Waals surface area contributed by atoms with Crippen LogP contribution in [0.5, 0.6) is 5.75 Å². The molecule has 10 nitrogen and oxygen atoms in total. The fourth-order valence-electron chi connectivity index (χ4n) is 4.58. The molecule has 1 saturated carbocycles. The maximum atomic E-state index is 12.9. The topological polar surface area (TPSA) is 138 Å². The summed E-state index contributed by atoms with van der Waals surface area (Å²) < 4.78 is 23.4. The second kappa shape index (κ2) is 8.58. The van der Waals surface area contributed by atoms with Crippen LogP contribution in [0.4, 0.5) is 10.3 Å². The molecule has 1 spiro atoms. The summed E-state index contributed by atoms with van der Waals surface area (Å²) in [6, 6.07) is 8.31. The van der Waals surface area contributed by atoms with Crippen molar-refractivity contribution in [3.8, 4) is 16.9 Å². The fraction of sp³-hybridized carbons (Fsp3) is 0.292. The SMILES string of the molecule is O=C1OC2(CCC(O)(C(=O)Nc3ncc(-c4cccc(OCF)c4)cn3)CC2)c2cc[n+]([O-])cc21. The molecule has 180 valence electrons. The zero-order chi connectivity index (χ0) is 24.6. The zero-order valence-electron chi connectivity index (χ0n) is 18.4. The van der Waals surface area contributed by atoms with Gasteiger partial charge in [-0.15, -0.1) is 0 Å². The molecule has 0 bridgehead atoms. The van der Waals surface area contributed by atoms with Gasteiger partial charge < -0.3 is 19.8 Å². The van der Waals surface area contributed by atoms with Gasteiger partial charge in [-0.05, 0) is 43.4 Å². The van der Waals surface area contributed by atoms with E-state index in [-0.39, 0.29) is 37.2 Å². The van der Waals surface area contributed by atoms with Gasteiger partial charge in [-0.2, -0.15) is 4.73 Å². The highest BCUT2D eigenvalue weighted by Crippen LogP contribution is 2.49. The number of ether oxygens (including phenoxy) is 2. The average molecular weight is 480 g/mol. The second-order valence-corrected chi connectivity index (χ2v) is 8.58. The largest absolute Gasteiger partial charge is 0.619 e. The minimum absolute atomic E-state index is 0.0151. The molecule has 5 rings (SSSR count). The number of hydrogen-bond acceptors (Lipinski definition) is 8. The van der Waals surface area contributed by atoms with E-state index in [1.54, 1.807) is 30.3 Å². The number of fused-ring (bicyclic) bond motifs is 2. The summed E-state index contributed by atoms with van der Waals surface area (Å²) in [6.07, 6.45) is 5.97. The van der Waals surface area contributed by atoms with E-state index < -0.39 is 29.9 Å². The molecule has 1 fully saturated rings.